The molecule has 0 aliphatic carbocycles. The van der Waals surface area contributed by atoms with Gasteiger partial charge in [0.05, 0.1) is 17.3 Å². The number of anilines is 1. The zero-order chi connectivity index (χ0) is 14.5. The number of hydrogen-bond donors (Lipinski definition) is 0. The van der Waals surface area contributed by atoms with E-state index in [0.29, 0.717) is 10.7 Å². The van der Waals surface area contributed by atoms with Crippen molar-refractivity contribution in [2.75, 3.05) is 10.8 Å². The Kier molecular flexibility index (Phi) is 4.99. The van der Waals surface area contributed by atoms with Gasteiger partial charge in [-0.15, -0.1) is 11.6 Å². The van der Waals surface area contributed by atoms with Crippen LogP contribution in [-0.2, 0) is 11.3 Å². The van der Waals surface area contributed by atoms with Crippen LogP contribution in [0.25, 0.3) is 0 Å². The molecule has 0 heterocycles. The van der Waals surface area contributed by atoms with Crippen molar-refractivity contribution in [3.05, 3.63) is 64.9 Å². The summed E-state index contributed by atoms with van der Waals surface area (Å²) < 4.78 is 12.9. The molecule has 0 atom stereocenters. The highest BCUT2D eigenvalue weighted by atomic mass is 35.5. The van der Waals surface area contributed by atoms with Crippen LogP contribution in [0.1, 0.15) is 5.56 Å². The third-order valence-corrected chi connectivity index (χ3v) is 3.36. The van der Waals surface area contributed by atoms with Crippen molar-refractivity contribution in [1.82, 2.24) is 0 Å². The minimum Gasteiger partial charge on any atom is -0.305 e. The van der Waals surface area contributed by atoms with E-state index >= 15 is 0 Å². The van der Waals surface area contributed by atoms with Gasteiger partial charge in [-0.3, -0.25) is 4.79 Å². The molecular formula is C15H12Cl2FNO. The lowest BCUT2D eigenvalue weighted by molar-refractivity contribution is -0.116. The van der Waals surface area contributed by atoms with Crippen LogP contribution in [0.15, 0.2) is 48.5 Å². The molecule has 1 amide bonds. The fourth-order valence-corrected chi connectivity index (χ4v) is 2.20. The van der Waals surface area contributed by atoms with Crippen molar-refractivity contribution < 1.29 is 9.18 Å². The van der Waals surface area contributed by atoms with Gasteiger partial charge in [-0.25, -0.2) is 4.39 Å². The molecule has 2 nitrogen and oxygen atoms in total. The highest BCUT2D eigenvalue weighted by Crippen LogP contribution is 2.27. The Morgan fingerprint density at radius 1 is 1.10 bits per heavy atom. The van der Waals surface area contributed by atoms with Crippen molar-refractivity contribution in [2.24, 2.45) is 0 Å². The van der Waals surface area contributed by atoms with Crippen LogP contribution >= 0.6 is 23.2 Å². The Morgan fingerprint density at radius 3 is 2.35 bits per heavy atom. The maximum atomic E-state index is 12.9. The SMILES string of the molecule is O=C(CCl)N(Cc1ccc(F)cc1)c1ccccc1Cl. The minimum absolute atomic E-state index is 0.146. The number of carbonyl (C=O) groups is 1. The Bertz CT molecular complexity index is 601. The minimum atomic E-state index is -0.318. The molecule has 5 heteroatoms. The van der Waals surface area contributed by atoms with Gasteiger partial charge in [-0.2, -0.15) is 0 Å². The summed E-state index contributed by atoms with van der Waals surface area (Å²) in [4.78, 5) is 13.5. The molecule has 2 aromatic rings. The molecule has 0 aromatic heterocycles. The number of para-hydroxylation sites is 1. The van der Waals surface area contributed by atoms with Crippen molar-refractivity contribution >= 4 is 34.8 Å². The molecule has 2 aromatic carbocycles. The molecule has 0 spiro atoms. The molecular weight excluding hydrogens is 300 g/mol. The van der Waals surface area contributed by atoms with E-state index in [0.717, 1.165) is 5.56 Å². The van der Waals surface area contributed by atoms with Crippen molar-refractivity contribution in [3.63, 3.8) is 0 Å². The summed E-state index contributed by atoms with van der Waals surface area (Å²) in [6.45, 7) is 0.287. The molecule has 0 bridgehead atoms. The monoisotopic (exact) mass is 311 g/mol. The van der Waals surface area contributed by atoms with Gasteiger partial charge in [0.25, 0.3) is 0 Å². The van der Waals surface area contributed by atoms with Crippen molar-refractivity contribution in [3.8, 4) is 0 Å². The number of carbonyl (C=O) groups excluding carboxylic acids is 1. The summed E-state index contributed by atoms with van der Waals surface area (Å²) in [5, 5.41) is 0.466. The fraction of sp³-hybridized carbons (Fsp3) is 0.133. The summed E-state index contributed by atoms with van der Waals surface area (Å²) in [6.07, 6.45) is 0. The zero-order valence-corrected chi connectivity index (χ0v) is 12.0. The van der Waals surface area contributed by atoms with E-state index in [1.165, 1.54) is 17.0 Å². The highest BCUT2D eigenvalue weighted by molar-refractivity contribution is 6.35. The molecule has 0 aliphatic rings. The molecule has 0 unspecified atom stereocenters. The van der Waals surface area contributed by atoms with Gasteiger partial charge in [0.15, 0.2) is 0 Å². The van der Waals surface area contributed by atoms with E-state index in [9.17, 15) is 9.18 Å². The quantitative estimate of drug-likeness (QED) is 0.773. The first-order chi connectivity index (χ1) is 9.61. The Balaban J connectivity index is 2.31. The standard InChI is InChI=1S/C15H12Cl2FNO/c16-9-15(20)19(14-4-2-1-3-13(14)17)10-11-5-7-12(18)8-6-11/h1-8H,9-10H2. The van der Waals surface area contributed by atoms with Gasteiger partial charge >= 0.3 is 0 Å². The lowest BCUT2D eigenvalue weighted by atomic mass is 10.2. The smallest absolute Gasteiger partial charge is 0.242 e. The van der Waals surface area contributed by atoms with E-state index in [2.05, 4.69) is 0 Å². The predicted octanol–water partition coefficient (Wildman–Crippen LogP) is 4.25. The van der Waals surface area contributed by atoms with Gasteiger partial charge in [-0.1, -0.05) is 35.9 Å². The molecule has 0 N–H and O–H groups in total. The number of alkyl halides is 1. The summed E-state index contributed by atoms with van der Waals surface area (Å²) in [5.74, 6) is -0.724. The Hall–Kier alpha value is -1.58. The third kappa shape index (κ3) is 3.50. The first-order valence-corrected chi connectivity index (χ1v) is 6.88. The molecule has 20 heavy (non-hydrogen) atoms. The summed E-state index contributed by atoms with van der Waals surface area (Å²) in [6, 6.07) is 13.0. The number of rotatable bonds is 4. The summed E-state index contributed by atoms with van der Waals surface area (Å²) in [7, 11) is 0. The average Bonchev–Trinajstić information content (AvgIpc) is 2.47. The van der Waals surface area contributed by atoms with Gasteiger partial charge in [0, 0.05) is 0 Å². The van der Waals surface area contributed by atoms with Gasteiger partial charge in [-0.05, 0) is 29.8 Å². The van der Waals surface area contributed by atoms with Crippen LogP contribution in [0, 0.1) is 5.82 Å². The first-order valence-electron chi connectivity index (χ1n) is 5.97. The van der Waals surface area contributed by atoms with Crippen LogP contribution in [0.4, 0.5) is 10.1 Å². The second-order valence-electron chi connectivity index (χ2n) is 4.19. The van der Waals surface area contributed by atoms with E-state index in [1.54, 1.807) is 36.4 Å². The highest BCUT2D eigenvalue weighted by Gasteiger charge is 2.17. The topological polar surface area (TPSA) is 20.3 Å². The van der Waals surface area contributed by atoms with Gasteiger partial charge in [0.2, 0.25) is 5.91 Å². The van der Waals surface area contributed by atoms with Crippen LogP contribution in [0.3, 0.4) is 0 Å². The molecule has 104 valence electrons. The second kappa shape index (κ2) is 6.73. The molecule has 0 fully saturated rings. The normalized spacial score (nSPS) is 10.3. The third-order valence-electron chi connectivity index (χ3n) is 2.81. The number of benzene rings is 2. The van der Waals surface area contributed by atoms with Crippen molar-refractivity contribution in [1.29, 1.82) is 0 Å². The second-order valence-corrected chi connectivity index (χ2v) is 4.87. The Morgan fingerprint density at radius 2 is 1.75 bits per heavy atom. The fourth-order valence-electron chi connectivity index (χ4n) is 1.82. The predicted molar refractivity (Wildman–Crippen MR) is 79.8 cm³/mol. The summed E-state index contributed by atoms with van der Waals surface area (Å²) in [5.41, 5.74) is 1.38. The number of hydrogen-bond acceptors (Lipinski definition) is 1. The number of halogens is 3. The van der Waals surface area contributed by atoms with Crippen LogP contribution in [0.5, 0.6) is 0 Å². The van der Waals surface area contributed by atoms with Crippen molar-refractivity contribution in [2.45, 2.75) is 6.54 Å². The lowest BCUT2D eigenvalue weighted by Gasteiger charge is -2.23. The molecule has 0 saturated heterocycles. The van der Waals surface area contributed by atoms with E-state index < -0.39 is 0 Å². The van der Waals surface area contributed by atoms with Crippen LogP contribution in [-0.4, -0.2) is 11.8 Å². The summed E-state index contributed by atoms with van der Waals surface area (Å²) >= 11 is 11.8. The van der Waals surface area contributed by atoms with Gasteiger partial charge < -0.3 is 4.90 Å². The van der Waals surface area contributed by atoms with Gasteiger partial charge in [0.1, 0.15) is 11.7 Å². The average molecular weight is 312 g/mol. The van der Waals surface area contributed by atoms with E-state index in [4.69, 9.17) is 23.2 Å². The molecule has 2 rings (SSSR count). The number of nitrogens with zero attached hydrogens (tertiary/aromatic N) is 1. The van der Waals surface area contributed by atoms with Crippen LogP contribution < -0.4 is 4.90 Å². The van der Waals surface area contributed by atoms with Crippen LogP contribution in [0.2, 0.25) is 5.02 Å². The maximum Gasteiger partial charge on any atom is 0.242 e. The molecule has 0 radical (unpaired) electrons. The zero-order valence-electron chi connectivity index (χ0n) is 10.5. The number of amides is 1. The lowest BCUT2D eigenvalue weighted by Crippen LogP contribution is -2.31. The van der Waals surface area contributed by atoms with E-state index in [-0.39, 0.29) is 24.1 Å². The largest absolute Gasteiger partial charge is 0.305 e. The molecule has 0 aliphatic heterocycles. The van der Waals surface area contributed by atoms with E-state index in [1.807, 2.05) is 0 Å². The Labute approximate surface area is 126 Å². The first kappa shape index (κ1) is 14.8. The maximum absolute atomic E-state index is 12.9. The molecule has 0 saturated carbocycles.